The molecule has 1 unspecified atom stereocenters. The van der Waals surface area contributed by atoms with Crippen LogP contribution in [-0.4, -0.2) is 27.9 Å². The quantitative estimate of drug-likeness (QED) is 0.867. The van der Waals surface area contributed by atoms with E-state index < -0.39 is 17.7 Å². The molecular formula is C18H14F3NO2S. The lowest BCUT2D eigenvalue weighted by atomic mass is 10.1. The number of aliphatic imine (C=N–C) groups is 1. The summed E-state index contributed by atoms with van der Waals surface area (Å²) in [5.74, 6) is -0.292. The van der Waals surface area contributed by atoms with E-state index >= 15 is 0 Å². The predicted octanol–water partition coefficient (Wildman–Crippen LogP) is 4.51. The van der Waals surface area contributed by atoms with Gasteiger partial charge in [-0.2, -0.15) is 13.2 Å². The summed E-state index contributed by atoms with van der Waals surface area (Å²) < 4.78 is 38.5. The lowest BCUT2D eigenvalue weighted by molar-refractivity contribution is -0.137. The fraction of sp³-hybridized carbons (Fsp3) is 0.222. The first-order chi connectivity index (χ1) is 11.8. The number of halogens is 3. The van der Waals surface area contributed by atoms with E-state index in [0.29, 0.717) is 22.8 Å². The maximum absolute atomic E-state index is 12.8. The number of carboxylic acids is 1. The summed E-state index contributed by atoms with van der Waals surface area (Å²) in [6.45, 7) is 0. The van der Waals surface area contributed by atoms with Gasteiger partial charge in [0.2, 0.25) is 0 Å². The van der Waals surface area contributed by atoms with E-state index in [9.17, 15) is 18.0 Å². The molecule has 0 saturated heterocycles. The molecule has 3 nitrogen and oxygen atoms in total. The van der Waals surface area contributed by atoms with Crippen LogP contribution in [0.25, 0.3) is 0 Å². The SMILES string of the molecule is O=C(O)c1ccc(CC2CSC(c3cccc(C(F)(F)F)c3)=N2)cc1. The number of benzene rings is 2. The summed E-state index contributed by atoms with van der Waals surface area (Å²) in [6.07, 6.45) is -3.75. The third kappa shape index (κ3) is 4.22. The Kier molecular flexibility index (Phi) is 4.85. The highest BCUT2D eigenvalue weighted by Crippen LogP contribution is 2.32. The smallest absolute Gasteiger partial charge is 0.416 e. The van der Waals surface area contributed by atoms with Crippen LogP contribution in [0.15, 0.2) is 53.5 Å². The summed E-state index contributed by atoms with van der Waals surface area (Å²) in [7, 11) is 0. The molecule has 0 fully saturated rings. The Morgan fingerprint density at radius 2 is 1.92 bits per heavy atom. The molecule has 25 heavy (non-hydrogen) atoms. The lowest BCUT2D eigenvalue weighted by Crippen LogP contribution is -2.08. The molecule has 2 aromatic rings. The topological polar surface area (TPSA) is 49.7 Å². The van der Waals surface area contributed by atoms with Gasteiger partial charge >= 0.3 is 12.1 Å². The molecule has 3 rings (SSSR count). The average molecular weight is 365 g/mol. The van der Waals surface area contributed by atoms with E-state index in [1.165, 1.54) is 30.0 Å². The number of carbonyl (C=O) groups is 1. The third-order valence-electron chi connectivity index (χ3n) is 3.82. The van der Waals surface area contributed by atoms with Gasteiger partial charge in [-0.05, 0) is 36.2 Å². The first kappa shape index (κ1) is 17.5. The van der Waals surface area contributed by atoms with Crippen molar-refractivity contribution in [1.82, 2.24) is 0 Å². The summed E-state index contributed by atoms with van der Waals surface area (Å²) in [5, 5.41) is 9.50. The molecule has 0 aromatic heterocycles. The van der Waals surface area contributed by atoms with Crippen molar-refractivity contribution in [3.63, 3.8) is 0 Å². The van der Waals surface area contributed by atoms with Gasteiger partial charge in [-0.3, -0.25) is 4.99 Å². The molecule has 130 valence electrons. The van der Waals surface area contributed by atoms with Crippen LogP contribution in [0.1, 0.15) is 27.0 Å². The normalized spacial score (nSPS) is 17.4. The van der Waals surface area contributed by atoms with Crippen molar-refractivity contribution in [3.8, 4) is 0 Å². The van der Waals surface area contributed by atoms with E-state index in [4.69, 9.17) is 5.11 Å². The van der Waals surface area contributed by atoms with Crippen molar-refractivity contribution >= 4 is 22.8 Å². The molecular weight excluding hydrogens is 351 g/mol. The molecule has 7 heteroatoms. The first-order valence-electron chi connectivity index (χ1n) is 7.53. The zero-order chi connectivity index (χ0) is 18.0. The number of alkyl halides is 3. The van der Waals surface area contributed by atoms with Gasteiger partial charge in [0.05, 0.1) is 22.2 Å². The molecule has 0 spiro atoms. The standard InChI is InChI=1S/C18H14F3NO2S/c19-18(20,21)14-3-1-2-13(9-14)16-22-15(10-25-16)8-11-4-6-12(7-5-11)17(23)24/h1-7,9,15H,8,10H2,(H,23,24). The third-order valence-corrected chi connectivity index (χ3v) is 4.99. The van der Waals surface area contributed by atoms with Gasteiger partial charge in [0.1, 0.15) is 0 Å². The van der Waals surface area contributed by atoms with Gasteiger partial charge in [0.15, 0.2) is 0 Å². The molecule has 0 bridgehead atoms. The Labute approximate surface area is 146 Å². The minimum atomic E-state index is -4.37. The maximum Gasteiger partial charge on any atom is 0.416 e. The van der Waals surface area contributed by atoms with Gasteiger partial charge in [-0.15, -0.1) is 11.8 Å². The highest BCUT2D eigenvalue weighted by atomic mass is 32.2. The van der Waals surface area contributed by atoms with E-state index in [0.717, 1.165) is 17.7 Å². The van der Waals surface area contributed by atoms with Crippen LogP contribution in [0.4, 0.5) is 13.2 Å². The van der Waals surface area contributed by atoms with Crippen LogP contribution >= 0.6 is 11.8 Å². The van der Waals surface area contributed by atoms with Crippen LogP contribution < -0.4 is 0 Å². The van der Waals surface area contributed by atoms with E-state index in [-0.39, 0.29) is 11.6 Å². The Bertz CT molecular complexity index is 816. The first-order valence-corrected chi connectivity index (χ1v) is 8.52. The van der Waals surface area contributed by atoms with Crippen LogP contribution in [-0.2, 0) is 12.6 Å². The van der Waals surface area contributed by atoms with Crippen molar-refractivity contribution in [2.24, 2.45) is 4.99 Å². The minimum absolute atomic E-state index is 0.0368. The Balaban J connectivity index is 1.73. The average Bonchev–Trinajstić information content (AvgIpc) is 3.03. The predicted molar refractivity (Wildman–Crippen MR) is 91.3 cm³/mol. The Morgan fingerprint density at radius 1 is 1.20 bits per heavy atom. The van der Waals surface area contributed by atoms with E-state index in [1.54, 1.807) is 18.2 Å². The number of thioether (sulfide) groups is 1. The van der Waals surface area contributed by atoms with Crippen molar-refractivity contribution < 1.29 is 23.1 Å². The number of aromatic carboxylic acids is 1. The fourth-order valence-electron chi connectivity index (χ4n) is 2.56. The van der Waals surface area contributed by atoms with Crippen LogP contribution in [0, 0.1) is 0 Å². The van der Waals surface area contributed by atoms with Gasteiger partial charge in [-0.25, -0.2) is 4.79 Å². The number of hydrogen-bond donors (Lipinski definition) is 1. The highest BCUT2D eigenvalue weighted by Gasteiger charge is 2.31. The second-order valence-electron chi connectivity index (χ2n) is 5.68. The van der Waals surface area contributed by atoms with E-state index in [2.05, 4.69) is 4.99 Å². The molecule has 1 N–H and O–H groups in total. The second-order valence-corrected chi connectivity index (χ2v) is 6.69. The molecule has 1 aliphatic heterocycles. The Hall–Kier alpha value is -2.28. The molecule has 1 atom stereocenters. The summed E-state index contributed by atoms with van der Waals surface area (Å²) in [4.78, 5) is 15.4. The molecule has 0 aliphatic carbocycles. The largest absolute Gasteiger partial charge is 0.478 e. The monoisotopic (exact) mass is 365 g/mol. The molecule has 1 heterocycles. The summed E-state index contributed by atoms with van der Waals surface area (Å²) >= 11 is 1.44. The van der Waals surface area contributed by atoms with Gasteiger partial charge in [0.25, 0.3) is 0 Å². The van der Waals surface area contributed by atoms with Gasteiger partial charge in [-0.1, -0.05) is 24.3 Å². The van der Waals surface area contributed by atoms with E-state index in [1.807, 2.05) is 0 Å². The molecule has 0 amide bonds. The lowest BCUT2D eigenvalue weighted by Gasteiger charge is -2.08. The van der Waals surface area contributed by atoms with Crippen LogP contribution in [0.2, 0.25) is 0 Å². The fourth-order valence-corrected chi connectivity index (χ4v) is 3.62. The number of nitrogens with zero attached hydrogens (tertiary/aromatic N) is 1. The van der Waals surface area contributed by atoms with Gasteiger partial charge < -0.3 is 5.11 Å². The second kappa shape index (κ2) is 6.92. The van der Waals surface area contributed by atoms with Crippen molar-refractivity contribution in [2.45, 2.75) is 18.6 Å². The van der Waals surface area contributed by atoms with Crippen molar-refractivity contribution in [2.75, 3.05) is 5.75 Å². The molecule has 2 aromatic carbocycles. The molecule has 1 aliphatic rings. The highest BCUT2D eigenvalue weighted by molar-refractivity contribution is 8.14. The van der Waals surface area contributed by atoms with Crippen molar-refractivity contribution in [3.05, 3.63) is 70.8 Å². The number of hydrogen-bond acceptors (Lipinski definition) is 3. The van der Waals surface area contributed by atoms with Crippen LogP contribution in [0.3, 0.4) is 0 Å². The van der Waals surface area contributed by atoms with Gasteiger partial charge in [0, 0.05) is 11.3 Å². The maximum atomic E-state index is 12.8. The summed E-state index contributed by atoms with van der Waals surface area (Å²) in [6, 6.07) is 11.7. The van der Waals surface area contributed by atoms with Crippen LogP contribution in [0.5, 0.6) is 0 Å². The summed E-state index contributed by atoms with van der Waals surface area (Å²) in [5.41, 5.74) is 0.965. The number of rotatable bonds is 4. The molecule has 0 radical (unpaired) electrons. The Morgan fingerprint density at radius 3 is 2.56 bits per heavy atom. The zero-order valence-electron chi connectivity index (χ0n) is 13.0. The number of carboxylic acid groups (broad SMARTS) is 1. The minimum Gasteiger partial charge on any atom is -0.478 e. The molecule has 0 saturated carbocycles. The van der Waals surface area contributed by atoms with Crippen molar-refractivity contribution in [1.29, 1.82) is 0 Å². The zero-order valence-corrected chi connectivity index (χ0v) is 13.8.